The molecule has 9 nitrogen and oxygen atoms in total. The average Bonchev–Trinajstić information content (AvgIpc) is 2.83. The third-order valence-corrected chi connectivity index (χ3v) is 3.83. The van der Waals surface area contributed by atoms with E-state index in [0.29, 0.717) is 16.8 Å². The first-order valence-corrected chi connectivity index (χ1v) is 6.96. The zero-order chi connectivity index (χ0) is 16.6. The van der Waals surface area contributed by atoms with Crippen molar-refractivity contribution in [1.82, 2.24) is 15.5 Å². The molecular weight excluding hydrogens is 304 g/mol. The fraction of sp³-hybridized carbons (Fsp3) is 0.286. The van der Waals surface area contributed by atoms with Gasteiger partial charge in [-0.1, -0.05) is 0 Å². The summed E-state index contributed by atoms with van der Waals surface area (Å²) in [6.07, 6.45) is 0. The van der Waals surface area contributed by atoms with E-state index in [1.165, 1.54) is 29.2 Å². The van der Waals surface area contributed by atoms with Gasteiger partial charge in [0.15, 0.2) is 0 Å². The number of aliphatic hydroxyl groups is 1. The van der Waals surface area contributed by atoms with Crippen LogP contribution in [0.5, 0.6) is 0 Å². The molecule has 0 saturated carbocycles. The predicted octanol–water partition coefficient (Wildman–Crippen LogP) is 0.0373. The van der Waals surface area contributed by atoms with E-state index in [1.54, 1.807) is 0 Å². The number of carbonyl (C=O) groups excluding carboxylic acids is 2. The highest BCUT2D eigenvalue weighted by molar-refractivity contribution is 6.01. The number of nitro benzene ring substituents is 1. The maximum absolute atomic E-state index is 12.5. The Morgan fingerprint density at radius 3 is 2.61 bits per heavy atom. The molecule has 0 aliphatic carbocycles. The van der Waals surface area contributed by atoms with Gasteiger partial charge in [-0.15, -0.1) is 0 Å². The number of non-ortho nitro benzene ring substituents is 1. The van der Waals surface area contributed by atoms with Crippen molar-refractivity contribution >= 4 is 17.6 Å². The molecule has 1 aromatic carbocycles. The number of β-amino-alcohol motifs (C(OH)–C–C–N with tert-alkyl or cyclic N) is 1. The summed E-state index contributed by atoms with van der Waals surface area (Å²) in [6.45, 7) is 0.232. The van der Waals surface area contributed by atoms with Gasteiger partial charge in [0.05, 0.1) is 35.4 Å². The molecule has 2 heterocycles. The number of rotatable bonds is 4. The summed E-state index contributed by atoms with van der Waals surface area (Å²) in [5.74, 6) is -0.273. The van der Waals surface area contributed by atoms with Crippen molar-refractivity contribution < 1.29 is 19.6 Å². The van der Waals surface area contributed by atoms with Crippen LogP contribution >= 0.6 is 0 Å². The number of benzene rings is 1. The second-order valence-electron chi connectivity index (χ2n) is 5.22. The number of carbonyl (C=O) groups is 2. The van der Waals surface area contributed by atoms with Crippen LogP contribution in [0.25, 0.3) is 0 Å². The van der Waals surface area contributed by atoms with Crippen molar-refractivity contribution in [2.75, 3.05) is 19.7 Å². The van der Waals surface area contributed by atoms with Gasteiger partial charge >= 0.3 is 6.03 Å². The van der Waals surface area contributed by atoms with Crippen LogP contribution in [0.1, 0.15) is 11.6 Å². The third-order valence-electron chi connectivity index (χ3n) is 3.83. The largest absolute Gasteiger partial charge is 0.395 e. The molecule has 3 rings (SSSR count). The van der Waals surface area contributed by atoms with E-state index in [0.717, 1.165) is 0 Å². The third kappa shape index (κ3) is 2.61. The minimum atomic E-state index is -0.671. The lowest BCUT2D eigenvalue weighted by atomic mass is 9.96. The Bertz CT molecular complexity index is 712. The van der Waals surface area contributed by atoms with E-state index in [9.17, 15) is 19.7 Å². The lowest BCUT2D eigenvalue weighted by Crippen LogP contribution is -2.44. The minimum Gasteiger partial charge on any atom is -0.395 e. The first kappa shape index (κ1) is 15.0. The summed E-state index contributed by atoms with van der Waals surface area (Å²) in [7, 11) is 0. The van der Waals surface area contributed by atoms with Gasteiger partial charge in [-0.3, -0.25) is 14.9 Å². The Hall–Kier alpha value is -2.94. The summed E-state index contributed by atoms with van der Waals surface area (Å²) < 4.78 is 0. The average molecular weight is 318 g/mol. The van der Waals surface area contributed by atoms with Crippen LogP contribution in [-0.2, 0) is 4.79 Å². The second-order valence-corrected chi connectivity index (χ2v) is 5.22. The number of nitrogens with zero attached hydrogens (tertiary/aromatic N) is 2. The zero-order valence-electron chi connectivity index (χ0n) is 12.0. The maximum Gasteiger partial charge on any atom is 0.319 e. The van der Waals surface area contributed by atoms with Gasteiger partial charge in [-0.2, -0.15) is 0 Å². The van der Waals surface area contributed by atoms with Gasteiger partial charge in [0.25, 0.3) is 11.6 Å². The van der Waals surface area contributed by atoms with E-state index in [-0.39, 0.29) is 31.3 Å². The lowest BCUT2D eigenvalue weighted by Gasteiger charge is -2.25. The molecule has 0 saturated heterocycles. The highest BCUT2D eigenvalue weighted by Crippen LogP contribution is 2.32. The number of hydrogen-bond acceptors (Lipinski definition) is 5. The monoisotopic (exact) mass is 318 g/mol. The fourth-order valence-electron chi connectivity index (χ4n) is 2.77. The standard InChI is InChI=1S/C14H14N4O5/c19-6-5-17-7-10-11(13(17)20)12(16-14(21)15-10)8-1-3-9(4-2-8)18(22)23/h1-4,12,19H,5-7H2,(H2,15,16,21)/t12-/m0/s1. The number of amides is 3. The van der Waals surface area contributed by atoms with E-state index in [2.05, 4.69) is 10.6 Å². The van der Waals surface area contributed by atoms with E-state index in [4.69, 9.17) is 5.11 Å². The Morgan fingerprint density at radius 2 is 2.00 bits per heavy atom. The molecule has 2 aliphatic rings. The van der Waals surface area contributed by atoms with Crippen molar-refractivity contribution in [3.8, 4) is 0 Å². The highest BCUT2D eigenvalue weighted by Gasteiger charge is 2.40. The van der Waals surface area contributed by atoms with Crippen LogP contribution in [0, 0.1) is 10.1 Å². The van der Waals surface area contributed by atoms with Crippen LogP contribution in [0.4, 0.5) is 10.5 Å². The molecule has 0 unspecified atom stereocenters. The molecule has 3 amide bonds. The lowest BCUT2D eigenvalue weighted by molar-refractivity contribution is -0.384. The van der Waals surface area contributed by atoms with Crippen molar-refractivity contribution in [2.24, 2.45) is 0 Å². The summed E-state index contributed by atoms with van der Waals surface area (Å²) in [5, 5.41) is 25.0. The molecule has 0 aromatic heterocycles. The number of aliphatic hydroxyl groups excluding tert-OH is 1. The van der Waals surface area contributed by atoms with Gasteiger partial charge in [-0.05, 0) is 17.7 Å². The Kier molecular flexibility index (Phi) is 3.70. The second kappa shape index (κ2) is 5.69. The zero-order valence-corrected chi connectivity index (χ0v) is 12.0. The molecule has 3 N–H and O–H groups in total. The van der Waals surface area contributed by atoms with Gasteiger partial charge in [0, 0.05) is 18.7 Å². The molecule has 0 spiro atoms. The quantitative estimate of drug-likeness (QED) is 0.534. The Morgan fingerprint density at radius 1 is 1.30 bits per heavy atom. The summed E-state index contributed by atoms with van der Waals surface area (Å²) in [4.78, 5) is 35.9. The molecule has 0 bridgehead atoms. The normalized spacial score (nSPS) is 20.2. The molecule has 2 aliphatic heterocycles. The van der Waals surface area contributed by atoms with Crippen molar-refractivity contribution in [3.05, 3.63) is 51.2 Å². The van der Waals surface area contributed by atoms with Gasteiger partial charge in [0.2, 0.25) is 0 Å². The van der Waals surface area contributed by atoms with Gasteiger partial charge < -0.3 is 20.6 Å². The first-order valence-electron chi connectivity index (χ1n) is 6.96. The first-order chi connectivity index (χ1) is 11.0. The topological polar surface area (TPSA) is 125 Å². The van der Waals surface area contributed by atoms with E-state index < -0.39 is 17.0 Å². The highest BCUT2D eigenvalue weighted by atomic mass is 16.6. The van der Waals surface area contributed by atoms with Crippen LogP contribution < -0.4 is 10.6 Å². The molecule has 120 valence electrons. The van der Waals surface area contributed by atoms with E-state index in [1.807, 2.05) is 0 Å². The number of nitro groups is 1. The summed E-state index contributed by atoms with van der Waals surface area (Å²) >= 11 is 0. The van der Waals surface area contributed by atoms with Crippen LogP contribution in [-0.4, -0.2) is 46.6 Å². The van der Waals surface area contributed by atoms with Crippen LogP contribution in [0.15, 0.2) is 35.5 Å². The molecule has 0 radical (unpaired) electrons. The predicted molar refractivity (Wildman–Crippen MR) is 78.2 cm³/mol. The molecule has 1 aromatic rings. The van der Waals surface area contributed by atoms with Crippen molar-refractivity contribution in [3.63, 3.8) is 0 Å². The Balaban J connectivity index is 1.94. The maximum atomic E-state index is 12.5. The molecule has 1 atom stereocenters. The number of nitrogens with one attached hydrogen (secondary N) is 2. The SMILES string of the molecule is O=C1NC2=C(C(=O)N(CCO)C2)[C@H](c2ccc([N+](=O)[O-])cc2)N1. The summed E-state index contributed by atoms with van der Waals surface area (Å²) in [6, 6.07) is 4.58. The smallest absolute Gasteiger partial charge is 0.319 e. The van der Waals surface area contributed by atoms with Crippen LogP contribution in [0.2, 0.25) is 0 Å². The molecule has 23 heavy (non-hydrogen) atoms. The molecular formula is C14H14N4O5. The summed E-state index contributed by atoms with van der Waals surface area (Å²) in [5.41, 5.74) is 1.41. The van der Waals surface area contributed by atoms with Crippen molar-refractivity contribution in [1.29, 1.82) is 0 Å². The van der Waals surface area contributed by atoms with Gasteiger partial charge in [0.1, 0.15) is 0 Å². The minimum absolute atomic E-state index is 0.0668. The Labute approximate surface area is 130 Å². The van der Waals surface area contributed by atoms with Crippen molar-refractivity contribution in [2.45, 2.75) is 6.04 Å². The van der Waals surface area contributed by atoms with Crippen LogP contribution in [0.3, 0.4) is 0 Å². The van der Waals surface area contributed by atoms with E-state index >= 15 is 0 Å². The number of hydrogen-bond donors (Lipinski definition) is 3. The number of urea groups is 1. The molecule has 9 heteroatoms. The fourth-order valence-corrected chi connectivity index (χ4v) is 2.77. The van der Waals surface area contributed by atoms with Gasteiger partial charge in [-0.25, -0.2) is 4.79 Å². The molecule has 0 fully saturated rings.